The summed E-state index contributed by atoms with van der Waals surface area (Å²) in [4.78, 5) is 28.5. The maximum Gasteiger partial charge on any atom is 0.407 e. The van der Waals surface area contributed by atoms with E-state index in [1.165, 1.54) is 0 Å². The van der Waals surface area contributed by atoms with Gasteiger partial charge in [0.1, 0.15) is 6.61 Å². The van der Waals surface area contributed by atoms with Crippen LogP contribution in [0, 0.1) is 6.92 Å². The van der Waals surface area contributed by atoms with Crippen molar-refractivity contribution in [3.63, 3.8) is 0 Å². The Hall–Kier alpha value is -4.66. The minimum atomic E-state index is -0.537. The van der Waals surface area contributed by atoms with E-state index in [0.29, 0.717) is 11.3 Å². The SMILES string of the molecule is Cc1cccc(-n2cc(N)c(NC(=O)c3ccc(CNC(=O)OCc4cccnc4)cc3)n2)c1. The monoisotopic (exact) mass is 456 g/mol. The topological polar surface area (TPSA) is 124 Å². The largest absolute Gasteiger partial charge is 0.445 e. The number of nitrogens with two attached hydrogens (primary N) is 1. The number of hydrogen-bond acceptors (Lipinski definition) is 6. The van der Waals surface area contributed by atoms with Crippen molar-refractivity contribution in [1.82, 2.24) is 20.1 Å². The fraction of sp³-hybridized carbons (Fsp3) is 0.120. The molecule has 0 radical (unpaired) electrons. The van der Waals surface area contributed by atoms with E-state index in [0.717, 1.165) is 22.4 Å². The van der Waals surface area contributed by atoms with Gasteiger partial charge in [-0.1, -0.05) is 30.3 Å². The molecule has 0 aliphatic heterocycles. The van der Waals surface area contributed by atoms with E-state index in [-0.39, 0.29) is 24.9 Å². The van der Waals surface area contributed by atoms with Crippen LogP contribution < -0.4 is 16.4 Å². The zero-order chi connectivity index (χ0) is 23.9. The fourth-order valence-corrected chi connectivity index (χ4v) is 3.20. The molecule has 0 fully saturated rings. The maximum atomic E-state index is 12.7. The van der Waals surface area contributed by atoms with Crippen molar-refractivity contribution in [3.8, 4) is 5.69 Å². The van der Waals surface area contributed by atoms with Gasteiger partial charge in [-0.2, -0.15) is 0 Å². The van der Waals surface area contributed by atoms with Gasteiger partial charge in [-0.3, -0.25) is 9.78 Å². The van der Waals surface area contributed by atoms with Crippen LogP contribution >= 0.6 is 0 Å². The number of aromatic nitrogens is 3. The molecule has 0 aliphatic carbocycles. The highest BCUT2D eigenvalue weighted by atomic mass is 16.5. The molecule has 0 saturated heterocycles. The van der Waals surface area contributed by atoms with Crippen molar-refractivity contribution in [2.45, 2.75) is 20.1 Å². The first kappa shape index (κ1) is 22.5. The zero-order valence-electron chi connectivity index (χ0n) is 18.6. The number of anilines is 2. The van der Waals surface area contributed by atoms with E-state index < -0.39 is 6.09 Å². The molecule has 34 heavy (non-hydrogen) atoms. The van der Waals surface area contributed by atoms with Gasteiger partial charge in [-0.25, -0.2) is 9.48 Å². The fourth-order valence-electron chi connectivity index (χ4n) is 3.20. The number of hydrogen-bond donors (Lipinski definition) is 3. The summed E-state index contributed by atoms with van der Waals surface area (Å²) in [6, 6.07) is 18.2. The van der Waals surface area contributed by atoms with E-state index in [2.05, 4.69) is 20.7 Å². The highest BCUT2D eigenvalue weighted by Crippen LogP contribution is 2.20. The van der Waals surface area contributed by atoms with Gasteiger partial charge in [-0.15, -0.1) is 5.10 Å². The third kappa shape index (κ3) is 5.77. The predicted molar refractivity (Wildman–Crippen MR) is 128 cm³/mol. The Kier molecular flexibility index (Phi) is 6.83. The van der Waals surface area contributed by atoms with Gasteiger partial charge >= 0.3 is 6.09 Å². The summed E-state index contributed by atoms with van der Waals surface area (Å²) in [6.45, 7) is 2.40. The molecule has 2 aromatic heterocycles. The smallest absolute Gasteiger partial charge is 0.407 e. The van der Waals surface area contributed by atoms with Gasteiger partial charge in [-0.05, 0) is 48.4 Å². The Balaban J connectivity index is 1.30. The van der Waals surface area contributed by atoms with Crippen LogP contribution in [0.1, 0.15) is 27.0 Å². The second kappa shape index (κ2) is 10.3. The number of rotatable bonds is 7. The normalized spacial score (nSPS) is 10.5. The van der Waals surface area contributed by atoms with E-state index in [1.807, 2.05) is 37.3 Å². The molecule has 2 heterocycles. The lowest BCUT2D eigenvalue weighted by molar-refractivity contribution is 0.102. The number of alkyl carbamates (subject to hydrolysis) is 1. The number of nitrogens with zero attached hydrogens (tertiary/aromatic N) is 3. The number of nitrogen functional groups attached to an aromatic ring is 1. The van der Waals surface area contributed by atoms with Crippen LogP contribution in [0.25, 0.3) is 5.69 Å². The van der Waals surface area contributed by atoms with Crippen molar-refractivity contribution < 1.29 is 14.3 Å². The number of nitrogens with one attached hydrogen (secondary N) is 2. The average Bonchev–Trinajstić information content (AvgIpc) is 3.22. The van der Waals surface area contributed by atoms with Gasteiger partial charge in [0.15, 0.2) is 5.82 Å². The molecule has 0 aliphatic rings. The predicted octanol–water partition coefficient (Wildman–Crippen LogP) is 3.84. The van der Waals surface area contributed by atoms with Crippen molar-refractivity contribution in [2.75, 3.05) is 11.1 Å². The van der Waals surface area contributed by atoms with E-state index in [9.17, 15) is 9.59 Å². The van der Waals surface area contributed by atoms with Crippen molar-refractivity contribution in [2.24, 2.45) is 0 Å². The molecule has 2 aromatic carbocycles. The first-order valence-electron chi connectivity index (χ1n) is 10.6. The molecule has 4 N–H and O–H groups in total. The van der Waals surface area contributed by atoms with Crippen molar-refractivity contribution in [1.29, 1.82) is 0 Å². The molecule has 0 atom stereocenters. The second-order valence-corrected chi connectivity index (χ2v) is 7.66. The summed E-state index contributed by atoms with van der Waals surface area (Å²) in [5, 5.41) is 9.81. The molecule has 9 heteroatoms. The Bertz CT molecular complexity index is 1290. The van der Waals surface area contributed by atoms with Crippen LogP contribution in [-0.2, 0) is 17.9 Å². The van der Waals surface area contributed by atoms with E-state index >= 15 is 0 Å². The van der Waals surface area contributed by atoms with Gasteiger partial charge < -0.3 is 21.1 Å². The van der Waals surface area contributed by atoms with Crippen LogP contribution in [0.2, 0.25) is 0 Å². The minimum Gasteiger partial charge on any atom is -0.445 e. The number of pyridine rings is 1. The molecule has 2 amide bonds. The Morgan fingerprint density at radius 2 is 1.88 bits per heavy atom. The third-order valence-corrected chi connectivity index (χ3v) is 4.99. The number of amides is 2. The summed E-state index contributed by atoms with van der Waals surface area (Å²) in [5.41, 5.74) is 10.4. The van der Waals surface area contributed by atoms with Gasteiger partial charge in [0, 0.05) is 30.1 Å². The van der Waals surface area contributed by atoms with Crippen LogP contribution in [0.4, 0.5) is 16.3 Å². The Morgan fingerprint density at radius 1 is 1.06 bits per heavy atom. The van der Waals surface area contributed by atoms with E-state index in [4.69, 9.17) is 10.5 Å². The quantitative estimate of drug-likeness (QED) is 0.388. The highest BCUT2D eigenvalue weighted by molar-refractivity contribution is 6.05. The van der Waals surface area contributed by atoms with Crippen LogP contribution in [0.3, 0.4) is 0 Å². The molecular weight excluding hydrogens is 432 g/mol. The highest BCUT2D eigenvalue weighted by Gasteiger charge is 2.13. The molecule has 4 rings (SSSR count). The summed E-state index contributed by atoms with van der Waals surface area (Å²) in [5.74, 6) is -0.0507. The third-order valence-electron chi connectivity index (χ3n) is 4.99. The molecule has 0 spiro atoms. The van der Waals surface area contributed by atoms with Crippen LogP contribution in [0.15, 0.2) is 79.3 Å². The number of aryl methyl sites for hydroxylation is 1. The standard InChI is InChI=1S/C25H24N6O3/c1-17-4-2-6-21(12-17)31-15-22(26)23(30-31)29-24(32)20-9-7-18(8-10-20)14-28-25(33)34-16-19-5-3-11-27-13-19/h2-13,15H,14,16,26H2,1H3,(H,28,33)(H,29,30,32). The van der Waals surface area contributed by atoms with Crippen molar-refractivity contribution >= 4 is 23.5 Å². The van der Waals surface area contributed by atoms with E-state index in [1.54, 1.807) is 53.6 Å². The lowest BCUT2D eigenvalue weighted by Gasteiger charge is -2.08. The molecule has 172 valence electrons. The van der Waals surface area contributed by atoms with Crippen molar-refractivity contribution in [3.05, 3.63) is 102 Å². The van der Waals surface area contributed by atoms with Crippen LogP contribution in [-0.4, -0.2) is 26.8 Å². The van der Waals surface area contributed by atoms with Crippen LogP contribution in [0.5, 0.6) is 0 Å². The van der Waals surface area contributed by atoms with Gasteiger partial charge in [0.25, 0.3) is 5.91 Å². The van der Waals surface area contributed by atoms with Gasteiger partial charge in [0.2, 0.25) is 0 Å². The Morgan fingerprint density at radius 3 is 2.62 bits per heavy atom. The molecule has 9 nitrogen and oxygen atoms in total. The first-order valence-corrected chi connectivity index (χ1v) is 10.6. The summed E-state index contributed by atoms with van der Waals surface area (Å²) in [6.07, 6.45) is 4.41. The number of carbonyl (C=O) groups is 2. The first-order chi connectivity index (χ1) is 16.5. The maximum absolute atomic E-state index is 12.7. The number of carbonyl (C=O) groups excluding carboxylic acids is 2. The lowest BCUT2D eigenvalue weighted by Crippen LogP contribution is -2.23. The molecule has 0 bridgehead atoms. The van der Waals surface area contributed by atoms with Gasteiger partial charge in [0.05, 0.1) is 17.6 Å². The summed E-state index contributed by atoms with van der Waals surface area (Å²) < 4.78 is 6.78. The molecule has 0 unspecified atom stereocenters. The lowest BCUT2D eigenvalue weighted by atomic mass is 10.1. The Labute approximate surface area is 196 Å². The minimum absolute atomic E-state index is 0.140. The molecule has 4 aromatic rings. The number of ether oxygens (including phenoxy) is 1. The molecular formula is C25H24N6O3. The number of benzene rings is 2. The molecule has 0 saturated carbocycles. The average molecular weight is 457 g/mol. The zero-order valence-corrected chi connectivity index (χ0v) is 18.6. The second-order valence-electron chi connectivity index (χ2n) is 7.66. The summed E-state index contributed by atoms with van der Waals surface area (Å²) >= 11 is 0. The summed E-state index contributed by atoms with van der Waals surface area (Å²) in [7, 11) is 0.